The Morgan fingerprint density at radius 2 is 1.89 bits per heavy atom. The molecule has 1 N–H and O–H groups in total. The summed E-state index contributed by atoms with van der Waals surface area (Å²) < 4.78 is 2.02. The van der Waals surface area contributed by atoms with Crippen molar-refractivity contribution in [3.05, 3.63) is 64.9 Å². The largest absolute Gasteiger partial charge is 0.324 e. The van der Waals surface area contributed by atoms with Crippen molar-refractivity contribution in [3.8, 4) is 5.69 Å². The maximum Gasteiger partial charge on any atom is 0.257 e. The van der Waals surface area contributed by atoms with Gasteiger partial charge in [-0.15, -0.1) is 11.3 Å². The molecule has 140 valence electrons. The van der Waals surface area contributed by atoms with E-state index in [0.717, 1.165) is 18.5 Å². The van der Waals surface area contributed by atoms with Gasteiger partial charge in [0.2, 0.25) is 0 Å². The molecule has 1 unspecified atom stereocenters. The Morgan fingerprint density at radius 1 is 1.19 bits per heavy atom. The zero-order valence-electron chi connectivity index (χ0n) is 16.0. The second-order valence-corrected chi connectivity index (χ2v) is 9.37. The first-order valence-electron chi connectivity index (χ1n) is 9.43. The number of hydrogen-bond donors (Lipinski definition) is 1. The predicted octanol–water partition coefficient (Wildman–Crippen LogP) is 5.34. The molecule has 0 bridgehead atoms. The number of carbonyl (C=O) groups excluding carboxylic acids is 1. The number of amides is 1. The molecule has 2 heterocycles. The number of benzene rings is 1. The van der Waals surface area contributed by atoms with Crippen LogP contribution in [0.25, 0.3) is 5.69 Å². The number of nitrogens with zero attached hydrogens (tertiary/aromatic N) is 2. The van der Waals surface area contributed by atoms with Gasteiger partial charge in [-0.3, -0.25) is 10.1 Å². The van der Waals surface area contributed by atoms with E-state index in [9.17, 15) is 4.79 Å². The number of thiazole rings is 1. The van der Waals surface area contributed by atoms with Crippen LogP contribution in [-0.4, -0.2) is 15.5 Å². The van der Waals surface area contributed by atoms with E-state index in [-0.39, 0.29) is 5.91 Å². The molecule has 1 aliphatic carbocycles. The minimum atomic E-state index is -0.104. The average molecular weight is 380 g/mol. The third-order valence-electron chi connectivity index (χ3n) is 5.42. The van der Waals surface area contributed by atoms with Crippen LogP contribution in [0.4, 0.5) is 5.13 Å². The summed E-state index contributed by atoms with van der Waals surface area (Å²) in [4.78, 5) is 18.6. The first kappa shape index (κ1) is 18.0. The topological polar surface area (TPSA) is 46.9 Å². The first-order valence-corrected chi connectivity index (χ1v) is 10.2. The standard InChI is InChI=1S/C22H25N3OS/c1-22(2,3)16-8-11-18-19(14-16)27-21(23-18)24-20(26)15-6-9-17(10-7-15)25-12-4-5-13-25/h4-7,9-10,12-13,16H,8,11,14H2,1-3H3,(H,23,24,26). The lowest BCUT2D eigenvalue weighted by atomic mass is 9.73. The summed E-state index contributed by atoms with van der Waals surface area (Å²) in [6.45, 7) is 6.93. The lowest BCUT2D eigenvalue weighted by Gasteiger charge is -2.33. The van der Waals surface area contributed by atoms with Crippen LogP contribution < -0.4 is 5.32 Å². The normalized spacial score (nSPS) is 16.8. The second-order valence-electron chi connectivity index (χ2n) is 8.29. The van der Waals surface area contributed by atoms with Gasteiger partial charge in [0, 0.05) is 28.5 Å². The Balaban J connectivity index is 1.45. The van der Waals surface area contributed by atoms with E-state index in [1.165, 1.54) is 17.0 Å². The molecule has 0 saturated carbocycles. The Kier molecular flexibility index (Phi) is 4.64. The number of aromatic nitrogens is 2. The predicted molar refractivity (Wildman–Crippen MR) is 111 cm³/mol. The zero-order valence-corrected chi connectivity index (χ0v) is 16.8. The summed E-state index contributed by atoms with van der Waals surface area (Å²) in [5.41, 5.74) is 3.16. The molecule has 0 spiro atoms. The lowest BCUT2D eigenvalue weighted by molar-refractivity contribution is 0.102. The number of nitrogens with one attached hydrogen (secondary N) is 1. The molecule has 27 heavy (non-hydrogen) atoms. The molecule has 1 aromatic carbocycles. The fourth-order valence-corrected chi connectivity index (χ4v) is 4.71. The third-order valence-corrected chi connectivity index (χ3v) is 6.45. The van der Waals surface area contributed by atoms with Gasteiger partial charge in [-0.25, -0.2) is 4.98 Å². The smallest absolute Gasteiger partial charge is 0.257 e. The van der Waals surface area contributed by atoms with E-state index in [4.69, 9.17) is 0 Å². The number of anilines is 1. The van der Waals surface area contributed by atoms with Crippen LogP contribution in [0.3, 0.4) is 0 Å². The molecule has 4 rings (SSSR count). The molecule has 1 aliphatic rings. The summed E-state index contributed by atoms with van der Waals surface area (Å²) in [5.74, 6) is 0.572. The van der Waals surface area contributed by atoms with Gasteiger partial charge in [-0.1, -0.05) is 20.8 Å². The van der Waals surface area contributed by atoms with Crippen molar-refractivity contribution < 1.29 is 4.79 Å². The summed E-state index contributed by atoms with van der Waals surface area (Å²) in [7, 11) is 0. The highest BCUT2D eigenvalue weighted by Crippen LogP contribution is 2.40. The Bertz CT molecular complexity index is 933. The Hall–Kier alpha value is -2.40. The van der Waals surface area contributed by atoms with Crippen molar-refractivity contribution in [1.82, 2.24) is 9.55 Å². The van der Waals surface area contributed by atoms with Crippen LogP contribution in [-0.2, 0) is 12.8 Å². The maximum absolute atomic E-state index is 12.6. The molecule has 0 saturated heterocycles. The zero-order chi connectivity index (χ0) is 19.0. The molecule has 0 fully saturated rings. The molecule has 1 atom stereocenters. The second kappa shape index (κ2) is 6.97. The quantitative estimate of drug-likeness (QED) is 0.668. The van der Waals surface area contributed by atoms with Crippen molar-refractivity contribution in [2.45, 2.75) is 40.0 Å². The van der Waals surface area contributed by atoms with Crippen LogP contribution in [0.2, 0.25) is 0 Å². The molecule has 4 nitrogen and oxygen atoms in total. The summed E-state index contributed by atoms with van der Waals surface area (Å²) >= 11 is 1.63. The summed E-state index contributed by atoms with van der Waals surface area (Å²) in [6.07, 6.45) is 7.22. The van der Waals surface area contributed by atoms with Crippen LogP contribution in [0.1, 0.15) is 48.1 Å². The Morgan fingerprint density at radius 3 is 2.56 bits per heavy atom. The van der Waals surface area contributed by atoms with E-state index in [0.29, 0.717) is 22.0 Å². The van der Waals surface area contributed by atoms with Crippen molar-refractivity contribution in [3.63, 3.8) is 0 Å². The van der Waals surface area contributed by atoms with Crippen molar-refractivity contribution in [2.75, 3.05) is 5.32 Å². The molecule has 5 heteroatoms. The molecule has 3 aromatic rings. The minimum absolute atomic E-state index is 0.104. The minimum Gasteiger partial charge on any atom is -0.324 e. The van der Waals surface area contributed by atoms with E-state index in [2.05, 4.69) is 31.1 Å². The fraction of sp³-hybridized carbons (Fsp3) is 0.364. The SMILES string of the molecule is CC(C)(C)C1CCc2nc(NC(=O)c3ccc(-n4cccc4)cc3)sc2C1. The molecule has 0 aliphatic heterocycles. The number of carbonyl (C=O) groups is 1. The van der Waals surface area contributed by atoms with Crippen LogP contribution >= 0.6 is 11.3 Å². The average Bonchev–Trinajstić information content (AvgIpc) is 3.29. The van der Waals surface area contributed by atoms with Crippen molar-refractivity contribution in [1.29, 1.82) is 0 Å². The van der Waals surface area contributed by atoms with Gasteiger partial charge in [0.15, 0.2) is 5.13 Å². The van der Waals surface area contributed by atoms with Crippen molar-refractivity contribution in [2.24, 2.45) is 11.3 Å². The number of rotatable bonds is 3. The number of hydrogen-bond acceptors (Lipinski definition) is 3. The van der Waals surface area contributed by atoms with Gasteiger partial charge in [0.05, 0.1) is 5.69 Å². The van der Waals surface area contributed by atoms with Gasteiger partial charge in [-0.2, -0.15) is 0 Å². The van der Waals surface area contributed by atoms with E-state index in [1.54, 1.807) is 11.3 Å². The van der Waals surface area contributed by atoms with Gasteiger partial charge in [0.1, 0.15) is 0 Å². The van der Waals surface area contributed by atoms with Gasteiger partial charge < -0.3 is 4.57 Å². The molecule has 0 radical (unpaired) electrons. The highest BCUT2D eigenvalue weighted by molar-refractivity contribution is 7.15. The fourth-order valence-electron chi connectivity index (χ4n) is 3.63. The molecule has 2 aromatic heterocycles. The third kappa shape index (κ3) is 3.83. The molecule has 1 amide bonds. The maximum atomic E-state index is 12.6. The number of fused-ring (bicyclic) bond motifs is 1. The van der Waals surface area contributed by atoms with Crippen molar-refractivity contribution >= 4 is 22.4 Å². The summed E-state index contributed by atoms with van der Waals surface area (Å²) in [6, 6.07) is 11.6. The Labute approximate surface area is 164 Å². The van der Waals surface area contributed by atoms with Gasteiger partial charge >= 0.3 is 0 Å². The number of aryl methyl sites for hydroxylation is 1. The molecular weight excluding hydrogens is 354 g/mol. The monoisotopic (exact) mass is 379 g/mol. The first-order chi connectivity index (χ1) is 12.9. The van der Waals surface area contributed by atoms with Crippen LogP contribution in [0.15, 0.2) is 48.8 Å². The van der Waals surface area contributed by atoms with Crippen LogP contribution in [0, 0.1) is 11.3 Å². The van der Waals surface area contributed by atoms with Crippen LogP contribution in [0.5, 0.6) is 0 Å². The van der Waals surface area contributed by atoms with E-state index in [1.807, 2.05) is 53.4 Å². The highest BCUT2D eigenvalue weighted by atomic mass is 32.1. The van der Waals surface area contributed by atoms with Gasteiger partial charge in [-0.05, 0) is 67.0 Å². The van der Waals surface area contributed by atoms with E-state index >= 15 is 0 Å². The van der Waals surface area contributed by atoms with Gasteiger partial charge in [0.25, 0.3) is 5.91 Å². The molecular formula is C22H25N3OS. The highest BCUT2D eigenvalue weighted by Gasteiger charge is 2.30. The lowest BCUT2D eigenvalue weighted by Crippen LogP contribution is -2.26. The summed E-state index contributed by atoms with van der Waals surface area (Å²) in [5, 5.41) is 3.70. The van der Waals surface area contributed by atoms with E-state index < -0.39 is 0 Å².